The van der Waals surface area contributed by atoms with Gasteiger partial charge >= 0.3 is 0 Å². The van der Waals surface area contributed by atoms with E-state index in [4.69, 9.17) is 15.7 Å². The lowest BCUT2D eigenvalue weighted by Crippen LogP contribution is -2.08. The molecule has 3 aromatic heterocycles. The first-order chi connectivity index (χ1) is 15.2. The minimum Gasteiger partial charge on any atom is -0.399 e. The van der Waals surface area contributed by atoms with Crippen LogP contribution in [-0.2, 0) is 6.42 Å². The van der Waals surface area contributed by atoms with E-state index in [2.05, 4.69) is 10.3 Å². The summed E-state index contributed by atoms with van der Waals surface area (Å²) in [4.78, 5) is 14.7. The van der Waals surface area contributed by atoms with E-state index in [1.807, 2.05) is 46.3 Å². The Morgan fingerprint density at radius 3 is 2.61 bits per heavy atom. The van der Waals surface area contributed by atoms with Gasteiger partial charge < -0.3 is 11.1 Å². The van der Waals surface area contributed by atoms with Crippen LogP contribution in [0.3, 0.4) is 0 Å². The average molecular weight is 431 g/mol. The number of nitrogens with one attached hydrogen (secondary N) is 1. The van der Waals surface area contributed by atoms with E-state index < -0.39 is 0 Å². The molecule has 31 heavy (non-hydrogen) atoms. The zero-order valence-electron chi connectivity index (χ0n) is 16.5. The number of hydrogen-bond donors (Lipinski definition) is 2. The Bertz CT molecular complexity index is 1320. The Morgan fingerprint density at radius 1 is 1.00 bits per heavy atom. The molecular formula is C23H19FN6S. The molecule has 0 unspecified atom stereocenters. The minimum atomic E-state index is -0.277. The number of nitrogens with two attached hydrogens (primary N) is 1. The first-order valence-electron chi connectivity index (χ1n) is 9.80. The number of fused-ring (bicyclic) bond motifs is 1. The fraction of sp³-hybridized carbons (Fsp3) is 0.0870. The van der Waals surface area contributed by atoms with Crippen LogP contribution >= 0.6 is 11.3 Å². The van der Waals surface area contributed by atoms with Crippen molar-refractivity contribution < 1.29 is 4.39 Å². The summed E-state index contributed by atoms with van der Waals surface area (Å²) in [7, 11) is 0. The molecule has 5 rings (SSSR count). The van der Waals surface area contributed by atoms with Gasteiger partial charge in [0.2, 0.25) is 5.95 Å². The van der Waals surface area contributed by atoms with E-state index in [-0.39, 0.29) is 5.82 Å². The van der Waals surface area contributed by atoms with Gasteiger partial charge in [-0.3, -0.25) is 4.40 Å². The summed E-state index contributed by atoms with van der Waals surface area (Å²) in [6.45, 7) is 0.693. The van der Waals surface area contributed by atoms with Crippen LogP contribution in [0.2, 0.25) is 0 Å². The zero-order valence-corrected chi connectivity index (χ0v) is 17.3. The lowest BCUT2D eigenvalue weighted by atomic mass is 10.1. The van der Waals surface area contributed by atoms with Crippen LogP contribution in [0.15, 0.2) is 72.4 Å². The van der Waals surface area contributed by atoms with Gasteiger partial charge in [-0.25, -0.2) is 19.3 Å². The Hall–Kier alpha value is -3.78. The van der Waals surface area contributed by atoms with Crippen LogP contribution in [0.4, 0.5) is 16.0 Å². The van der Waals surface area contributed by atoms with E-state index >= 15 is 0 Å². The second-order valence-corrected chi connectivity index (χ2v) is 7.93. The molecule has 0 amide bonds. The van der Waals surface area contributed by atoms with E-state index in [9.17, 15) is 4.39 Å². The maximum absolute atomic E-state index is 13.4. The fourth-order valence-corrected chi connectivity index (χ4v) is 4.13. The molecule has 0 aliphatic heterocycles. The van der Waals surface area contributed by atoms with Gasteiger partial charge in [-0.1, -0.05) is 12.1 Å². The van der Waals surface area contributed by atoms with Crippen molar-refractivity contribution in [1.82, 2.24) is 19.4 Å². The van der Waals surface area contributed by atoms with E-state index in [0.717, 1.165) is 39.7 Å². The molecule has 0 spiro atoms. The van der Waals surface area contributed by atoms with Crippen LogP contribution in [-0.4, -0.2) is 25.9 Å². The largest absolute Gasteiger partial charge is 0.399 e. The highest BCUT2D eigenvalue weighted by molar-refractivity contribution is 7.15. The zero-order chi connectivity index (χ0) is 21.2. The summed E-state index contributed by atoms with van der Waals surface area (Å²) in [6.07, 6.45) is 4.52. The highest BCUT2D eigenvalue weighted by atomic mass is 32.1. The van der Waals surface area contributed by atoms with Gasteiger partial charge in [0.05, 0.1) is 11.4 Å². The quantitative estimate of drug-likeness (QED) is 0.375. The number of hydrogen-bond acceptors (Lipinski definition) is 6. The normalized spacial score (nSPS) is 11.1. The van der Waals surface area contributed by atoms with E-state index in [1.165, 1.54) is 17.7 Å². The minimum absolute atomic E-state index is 0.277. The standard InChI is InChI=1S/C23H19FN6S/c24-17-5-3-16(4-6-17)20-21(30-13-14-31-23(30)29-20)19-10-12-27-22(28-19)26-11-9-15-1-7-18(25)8-2-15/h1-8,10,12-14H,9,11,25H2,(H,26,27,28). The maximum Gasteiger partial charge on any atom is 0.223 e. The van der Waals surface area contributed by atoms with Gasteiger partial charge in [0.15, 0.2) is 4.96 Å². The van der Waals surface area contributed by atoms with Gasteiger partial charge in [-0.2, -0.15) is 0 Å². The fourth-order valence-electron chi connectivity index (χ4n) is 3.42. The Kier molecular flexibility index (Phi) is 5.05. The van der Waals surface area contributed by atoms with Crippen molar-refractivity contribution in [2.75, 3.05) is 17.6 Å². The number of halogens is 1. The van der Waals surface area contributed by atoms with Crippen LogP contribution in [0, 0.1) is 5.82 Å². The Balaban J connectivity index is 1.44. The van der Waals surface area contributed by atoms with E-state index in [0.29, 0.717) is 12.5 Å². The van der Waals surface area contributed by atoms with Gasteiger partial charge in [0.25, 0.3) is 0 Å². The van der Waals surface area contributed by atoms with Gasteiger partial charge in [-0.15, -0.1) is 11.3 Å². The molecule has 5 aromatic rings. The molecule has 0 radical (unpaired) electrons. The van der Waals surface area contributed by atoms with Crippen LogP contribution < -0.4 is 11.1 Å². The summed E-state index contributed by atoms with van der Waals surface area (Å²) in [6, 6.07) is 16.0. The molecule has 0 aliphatic rings. The molecular weight excluding hydrogens is 411 g/mol. The number of benzene rings is 2. The molecule has 0 aliphatic carbocycles. The average Bonchev–Trinajstić information content (AvgIpc) is 3.37. The molecule has 0 atom stereocenters. The van der Waals surface area contributed by atoms with Crippen molar-refractivity contribution in [3.63, 3.8) is 0 Å². The van der Waals surface area contributed by atoms with Crippen molar-refractivity contribution in [2.45, 2.75) is 6.42 Å². The predicted octanol–water partition coefficient (Wildman–Crippen LogP) is 4.90. The van der Waals surface area contributed by atoms with Crippen molar-refractivity contribution >= 4 is 27.9 Å². The summed E-state index contributed by atoms with van der Waals surface area (Å²) >= 11 is 1.54. The highest BCUT2D eigenvalue weighted by Crippen LogP contribution is 2.33. The van der Waals surface area contributed by atoms with Crippen molar-refractivity contribution in [3.8, 4) is 22.6 Å². The molecule has 0 fully saturated rings. The molecule has 0 saturated heterocycles. The third-order valence-corrected chi connectivity index (χ3v) is 5.71. The Labute approximate surface area is 182 Å². The number of anilines is 2. The second-order valence-electron chi connectivity index (χ2n) is 7.06. The van der Waals surface area contributed by atoms with Crippen molar-refractivity contribution in [2.24, 2.45) is 0 Å². The van der Waals surface area contributed by atoms with Crippen LogP contribution in [0.25, 0.3) is 27.6 Å². The highest BCUT2D eigenvalue weighted by Gasteiger charge is 2.18. The van der Waals surface area contributed by atoms with E-state index in [1.54, 1.807) is 29.7 Å². The van der Waals surface area contributed by atoms with Crippen molar-refractivity contribution in [3.05, 3.63) is 83.8 Å². The van der Waals surface area contributed by atoms with Crippen LogP contribution in [0.1, 0.15) is 5.56 Å². The topological polar surface area (TPSA) is 81.1 Å². The lowest BCUT2D eigenvalue weighted by molar-refractivity contribution is 0.628. The molecule has 3 heterocycles. The smallest absolute Gasteiger partial charge is 0.223 e. The van der Waals surface area contributed by atoms with Gasteiger partial charge in [0.1, 0.15) is 11.5 Å². The summed E-state index contributed by atoms with van der Waals surface area (Å²) in [5, 5.41) is 5.27. The summed E-state index contributed by atoms with van der Waals surface area (Å²) < 4.78 is 15.4. The Morgan fingerprint density at radius 2 is 1.81 bits per heavy atom. The molecule has 0 bridgehead atoms. The first-order valence-corrected chi connectivity index (χ1v) is 10.7. The number of nitrogen functional groups attached to an aromatic ring is 1. The number of nitrogens with zero attached hydrogens (tertiary/aromatic N) is 4. The summed E-state index contributed by atoms with van der Waals surface area (Å²) in [5.74, 6) is 0.268. The third kappa shape index (κ3) is 3.97. The second kappa shape index (κ2) is 8.16. The molecule has 8 heteroatoms. The predicted molar refractivity (Wildman–Crippen MR) is 123 cm³/mol. The summed E-state index contributed by atoms with van der Waals surface area (Å²) in [5.41, 5.74) is 10.9. The first kappa shape index (κ1) is 19.2. The van der Waals surface area contributed by atoms with Crippen LogP contribution in [0.5, 0.6) is 0 Å². The van der Waals surface area contributed by atoms with Gasteiger partial charge in [0, 0.05) is 35.6 Å². The molecule has 154 valence electrons. The lowest BCUT2D eigenvalue weighted by Gasteiger charge is -2.08. The molecule has 0 saturated carbocycles. The van der Waals surface area contributed by atoms with Gasteiger partial charge in [-0.05, 0) is 54.4 Å². The number of rotatable bonds is 6. The molecule has 6 nitrogen and oxygen atoms in total. The monoisotopic (exact) mass is 430 g/mol. The molecule has 2 aromatic carbocycles. The number of thiazole rings is 1. The SMILES string of the molecule is Nc1ccc(CCNc2nccc(-c3c(-c4ccc(F)cc4)nc4sccn34)n2)cc1. The van der Waals surface area contributed by atoms with Crippen molar-refractivity contribution in [1.29, 1.82) is 0 Å². The number of aromatic nitrogens is 4. The molecule has 3 N–H and O–H groups in total. The third-order valence-electron chi connectivity index (χ3n) is 4.95. The maximum atomic E-state index is 13.4. The number of imidazole rings is 1.